The van der Waals surface area contributed by atoms with Crippen molar-refractivity contribution < 1.29 is 45.9 Å². The molecule has 16 nitrogen and oxygen atoms in total. The number of alkyl halides is 2. The first-order valence-corrected chi connectivity index (χ1v) is 31.2. The summed E-state index contributed by atoms with van der Waals surface area (Å²) in [6.45, 7) is 0.519. The zero-order valence-corrected chi connectivity index (χ0v) is 50.0. The number of aromatic hydroxyl groups is 1. The van der Waals surface area contributed by atoms with Gasteiger partial charge in [0.25, 0.3) is 23.6 Å². The summed E-state index contributed by atoms with van der Waals surface area (Å²) >= 11 is 21.8. The van der Waals surface area contributed by atoms with E-state index in [0.717, 1.165) is 36.6 Å². The normalized spacial score (nSPS) is 13.1. The third-order valence-electron chi connectivity index (χ3n) is 11.3. The molecule has 0 saturated heterocycles. The van der Waals surface area contributed by atoms with E-state index in [2.05, 4.69) is 78.5 Å². The maximum Gasteiger partial charge on any atom is 0.369 e. The third-order valence-corrected chi connectivity index (χ3v) is 17.0. The number of fused-ring (bicyclic) bond motifs is 4. The molecule has 2 aromatic heterocycles. The Morgan fingerprint density at radius 1 is 0.615 bits per heavy atom. The van der Waals surface area contributed by atoms with E-state index in [-0.39, 0.29) is 80.6 Å². The summed E-state index contributed by atoms with van der Waals surface area (Å²) in [5, 5.41) is 22.3. The van der Waals surface area contributed by atoms with Gasteiger partial charge < -0.3 is 31.1 Å². The van der Waals surface area contributed by atoms with Gasteiger partial charge in [-0.25, -0.2) is 26.8 Å². The average Bonchev–Trinajstić information content (AvgIpc) is 4.12. The molecule has 0 aliphatic carbocycles. The Morgan fingerprint density at radius 2 is 1.00 bits per heavy atom. The number of benzene rings is 6. The first-order valence-electron chi connectivity index (χ1n) is 22.8. The minimum atomic E-state index is -3.93. The molecular formula is C52H42BBr3Cl2N6O10S4. The summed E-state index contributed by atoms with van der Waals surface area (Å²) < 4.78 is 57.9. The van der Waals surface area contributed by atoms with Crippen molar-refractivity contribution >= 4 is 151 Å². The summed E-state index contributed by atoms with van der Waals surface area (Å²) in [7, 11) is -6.23. The molecule has 0 fully saturated rings. The average molecular weight is 1360 g/mol. The van der Waals surface area contributed by atoms with E-state index >= 15 is 0 Å². The zero-order chi connectivity index (χ0) is 56.1. The van der Waals surface area contributed by atoms with Gasteiger partial charge in [-0.2, -0.15) is 0 Å². The number of thiazole rings is 2. The number of nitrogens with one attached hydrogen (secondary N) is 4. The lowest BCUT2D eigenvalue weighted by Gasteiger charge is -2.10. The number of phenolic OH excluding ortho intramolecular Hbond substituents is 1. The molecule has 0 saturated carbocycles. The molecule has 26 heteroatoms. The number of rotatable bonds is 11. The topological polar surface area (TPSA) is 240 Å². The Kier molecular flexibility index (Phi) is 20.9. The number of halogens is 5. The fourth-order valence-corrected chi connectivity index (χ4v) is 12.6. The van der Waals surface area contributed by atoms with Crippen LogP contribution in [-0.2, 0) is 45.6 Å². The van der Waals surface area contributed by atoms with Crippen LogP contribution in [0, 0.1) is 0 Å². The molecule has 10 rings (SSSR count). The highest BCUT2D eigenvalue weighted by molar-refractivity contribution is 9.69. The first kappa shape index (κ1) is 59.7. The number of carbonyl (C=O) groups is 4. The van der Waals surface area contributed by atoms with Gasteiger partial charge in [0.1, 0.15) is 11.5 Å². The number of aromatic nitrogens is 2. The van der Waals surface area contributed by atoms with Crippen LogP contribution in [0.2, 0.25) is 0 Å². The van der Waals surface area contributed by atoms with Crippen molar-refractivity contribution in [3.63, 3.8) is 0 Å². The largest absolute Gasteiger partial charge is 0.508 e. The SMILES string of the molecule is BrB(Br)Br.COc1ccc(Cc2ncc(CNC(=O)c3ccc4c(c3)NC(=O)c3ccccc3S4(=O)=O)s2)cc1.ClCCl.O=C(NCc1cnc(Cc2ccc(O)cc2)s1)c1ccc2c(c1)NC(=O)c1ccccc1S2(=O)=O. The van der Waals surface area contributed by atoms with Crippen LogP contribution in [0.3, 0.4) is 0 Å². The molecule has 78 heavy (non-hydrogen) atoms. The molecule has 0 unspecified atom stereocenters. The monoisotopic (exact) mass is 1360 g/mol. The predicted octanol–water partition coefficient (Wildman–Crippen LogP) is 11.4. The number of amides is 4. The van der Waals surface area contributed by atoms with Gasteiger partial charge in [0, 0.05) is 46.1 Å². The van der Waals surface area contributed by atoms with Gasteiger partial charge in [-0.05, 0) is 96.1 Å². The molecule has 6 aromatic carbocycles. The number of ether oxygens (including phenoxy) is 1. The molecule has 4 heterocycles. The Hall–Kier alpha value is -5.96. The van der Waals surface area contributed by atoms with Crippen LogP contribution in [0.4, 0.5) is 11.4 Å². The van der Waals surface area contributed by atoms with Crippen molar-refractivity contribution in [2.75, 3.05) is 23.1 Å². The van der Waals surface area contributed by atoms with Crippen molar-refractivity contribution in [3.8, 4) is 11.5 Å². The minimum Gasteiger partial charge on any atom is -0.508 e. The van der Waals surface area contributed by atoms with E-state index in [1.165, 1.54) is 83.3 Å². The molecule has 0 spiro atoms. The van der Waals surface area contributed by atoms with Crippen molar-refractivity contribution in [3.05, 3.63) is 199 Å². The van der Waals surface area contributed by atoms with Gasteiger partial charge in [0.15, 0.2) is 0 Å². The lowest BCUT2D eigenvalue weighted by atomic mass is 10.1. The number of sulfone groups is 2. The predicted molar refractivity (Wildman–Crippen MR) is 315 cm³/mol. The Bertz CT molecular complexity index is 3720. The van der Waals surface area contributed by atoms with Crippen molar-refractivity contribution in [2.24, 2.45) is 0 Å². The van der Waals surface area contributed by atoms with Gasteiger partial charge in [0.2, 0.25) is 19.7 Å². The standard InChI is InChI=1S/C26H21N3O5S2.C25H19N3O5S2.CH2Cl2.BBr3/c1-34-18-9-6-16(7-10-18)12-24-27-14-19(35-24)15-28-25(30)17-8-11-23-21(13-17)29-26(31)20-4-2-3-5-22(20)36(23,32)33;29-17-8-5-15(6-9-17)11-23-26-13-18(34-23)14-27-24(30)16-7-10-22-20(12-16)28-25(31)19-3-1-2-4-21(19)35(22,32)33;2-1-3;2-1(3)4/h2-11,13-14H,12,15H2,1H3,(H,28,30)(H,29,31);1-10,12-13,29H,11,14H2,(H,27,30)(H,28,31);1H2;. The fourth-order valence-electron chi connectivity index (χ4n) is 7.67. The molecular weight excluding hydrogens is 1320 g/mol. The molecule has 2 aliphatic rings. The second-order valence-electron chi connectivity index (χ2n) is 16.4. The molecule has 5 N–H and O–H groups in total. The summed E-state index contributed by atoms with van der Waals surface area (Å²) in [5.74, 6) is -0.895. The van der Waals surface area contributed by atoms with Gasteiger partial charge in [0.05, 0.1) is 77.6 Å². The lowest BCUT2D eigenvalue weighted by molar-refractivity contribution is 0.0943. The number of anilines is 2. The second kappa shape index (κ2) is 27.3. The highest BCUT2D eigenvalue weighted by atomic mass is 79.9. The van der Waals surface area contributed by atoms with Gasteiger partial charge in [-0.3, -0.25) is 19.2 Å². The second-order valence-corrected chi connectivity index (χ2v) is 29.8. The molecule has 0 atom stereocenters. The minimum absolute atomic E-state index is 0.0528. The van der Waals surface area contributed by atoms with Gasteiger partial charge >= 0.3 is 3.18 Å². The molecule has 0 radical (unpaired) electrons. The van der Waals surface area contributed by atoms with E-state index in [1.54, 1.807) is 55.9 Å². The maximum atomic E-state index is 13.1. The number of hydrogen-bond acceptors (Lipinski definition) is 14. The van der Waals surface area contributed by atoms with Crippen molar-refractivity contribution in [1.29, 1.82) is 0 Å². The molecule has 2 aliphatic heterocycles. The van der Waals surface area contributed by atoms with Crippen LogP contribution in [0.15, 0.2) is 165 Å². The number of hydrogen-bond donors (Lipinski definition) is 5. The molecule has 4 amide bonds. The number of methoxy groups -OCH3 is 1. The van der Waals surface area contributed by atoms with E-state index < -0.39 is 43.3 Å². The first-order chi connectivity index (χ1) is 37.3. The fraction of sp³-hybridized carbons (Fsp3) is 0.115. The smallest absolute Gasteiger partial charge is 0.369 e. The molecule has 402 valence electrons. The lowest BCUT2D eigenvalue weighted by Crippen LogP contribution is -2.22. The number of nitrogens with zero attached hydrogens (tertiary/aromatic N) is 2. The Morgan fingerprint density at radius 3 is 1.40 bits per heavy atom. The molecule has 0 bridgehead atoms. The maximum absolute atomic E-state index is 13.1. The van der Waals surface area contributed by atoms with Crippen LogP contribution in [0.1, 0.15) is 72.3 Å². The van der Waals surface area contributed by atoms with E-state index in [0.29, 0.717) is 12.8 Å². The number of phenols is 1. The van der Waals surface area contributed by atoms with Crippen molar-refractivity contribution in [2.45, 2.75) is 45.5 Å². The van der Waals surface area contributed by atoms with Crippen molar-refractivity contribution in [1.82, 2.24) is 20.6 Å². The van der Waals surface area contributed by atoms with E-state index in [4.69, 9.17) is 27.9 Å². The van der Waals surface area contributed by atoms with Crippen LogP contribution in [0.5, 0.6) is 11.5 Å². The van der Waals surface area contributed by atoms with Crippen LogP contribution in [-0.4, -0.2) is 71.2 Å². The highest BCUT2D eigenvalue weighted by Crippen LogP contribution is 2.36. The Balaban J connectivity index is 0.000000202. The summed E-state index contributed by atoms with van der Waals surface area (Å²) in [5.41, 5.74) is 2.83. The van der Waals surface area contributed by atoms with E-state index in [9.17, 15) is 41.1 Å². The highest BCUT2D eigenvalue weighted by Gasteiger charge is 2.33. The zero-order valence-electron chi connectivity index (χ0n) is 40.5. The van der Waals surface area contributed by atoms with E-state index in [1.807, 2.05) is 36.4 Å². The summed E-state index contributed by atoms with van der Waals surface area (Å²) in [6, 6.07) is 35.0. The number of carbonyl (C=O) groups excluding carboxylic acids is 4. The van der Waals surface area contributed by atoms with Gasteiger partial charge in [-0.1, -0.05) is 48.5 Å². The van der Waals surface area contributed by atoms with Gasteiger partial charge in [-0.15, -0.1) is 93.1 Å². The Labute approximate surface area is 492 Å². The van der Waals surface area contributed by atoms with Crippen LogP contribution < -0.4 is 26.0 Å². The van der Waals surface area contributed by atoms with Crippen LogP contribution >= 0.6 is 93.1 Å². The third kappa shape index (κ3) is 15.2. The summed E-state index contributed by atoms with van der Waals surface area (Å²) in [6.07, 6.45) is 4.71. The van der Waals surface area contributed by atoms with Crippen LogP contribution in [0.25, 0.3) is 0 Å². The molecule has 8 aromatic rings. The summed E-state index contributed by atoms with van der Waals surface area (Å²) in [4.78, 5) is 61.1. The quantitative estimate of drug-likeness (QED) is 0.0600.